The molecule has 2 rings (SSSR count). The van der Waals surface area contributed by atoms with E-state index in [2.05, 4.69) is 10.0 Å². The summed E-state index contributed by atoms with van der Waals surface area (Å²) in [5.41, 5.74) is 1.83. The van der Waals surface area contributed by atoms with Crippen LogP contribution in [0, 0.1) is 0 Å². The fraction of sp³-hybridized carbons (Fsp3) is 0.222. The summed E-state index contributed by atoms with van der Waals surface area (Å²) >= 11 is 0. The van der Waals surface area contributed by atoms with Gasteiger partial charge in [0.2, 0.25) is 15.9 Å². The number of hydrogen-bond donors (Lipinski definition) is 2. The van der Waals surface area contributed by atoms with Gasteiger partial charge in [-0.3, -0.25) is 9.59 Å². The average Bonchev–Trinajstić information content (AvgIpc) is 2.60. The number of nitrogens with one attached hydrogen (secondary N) is 2. The number of rotatable bonds is 8. The zero-order valence-electron chi connectivity index (χ0n) is 13.9. The highest BCUT2D eigenvalue weighted by atomic mass is 32.2. The summed E-state index contributed by atoms with van der Waals surface area (Å²) in [6, 6.07) is 15.7. The van der Waals surface area contributed by atoms with Gasteiger partial charge in [0.05, 0.1) is 12.3 Å². The molecule has 0 aliphatic rings. The number of ketones is 1. The number of Topliss-reactive ketones (excluding diaryl/α,β-unsaturated/α-hetero) is 1. The Labute approximate surface area is 147 Å². The molecule has 0 radical (unpaired) electrons. The highest BCUT2D eigenvalue weighted by molar-refractivity contribution is 7.89. The van der Waals surface area contributed by atoms with Crippen LogP contribution in [0.5, 0.6) is 0 Å². The molecule has 1 amide bonds. The number of carbonyl (C=O) groups excluding carboxylic acids is 2. The van der Waals surface area contributed by atoms with Crippen LogP contribution in [-0.2, 0) is 21.2 Å². The largest absolute Gasteiger partial charge is 0.325 e. The molecule has 2 aromatic rings. The molecule has 7 heteroatoms. The summed E-state index contributed by atoms with van der Waals surface area (Å²) in [6.07, 6.45) is 0.373. The molecular weight excluding hydrogens is 340 g/mol. The van der Waals surface area contributed by atoms with Crippen LogP contribution in [0.25, 0.3) is 0 Å². The van der Waals surface area contributed by atoms with Gasteiger partial charge in [-0.1, -0.05) is 42.5 Å². The third-order valence-corrected chi connectivity index (χ3v) is 4.83. The molecule has 25 heavy (non-hydrogen) atoms. The number of anilines is 1. The third kappa shape index (κ3) is 6.48. The van der Waals surface area contributed by atoms with Crippen LogP contribution in [0.15, 0.2) is 54.6 Å². The highest BCUT2D eigenvalue weighted by Gasteiger charge is 2.13. The second-order valence-electron chi connectivity index (χ2n) is 5.56. The second-order valence-corrected chi connectivity index (χ2v) is 7.49. The molecule has 0 bridgehead atoms. The molecule has 0 aromatic heterocycles. The molecule has 0 fully saturated rings. The quantitative estimate of drug-likeness (QED) is 0.704. The lowest BCUT2D eigenvalue weighted by Crippen LogP contribution is -2.34. The second kappa shape index (κ2) is 8.55. The smallest absolute Gasteiger partial charge is 0.239 e. The van der Waals surface area contributed by atoms with Crippen molar-refractivity contribution in [3.05, 3.63) is 65.7 Å². The molecule has 0 aliphatic carbocycles. The first-order valence-corrected chi connectivity index (χ1v) is 9.43. The Balaban J connectivity index is 1.84. The van der Waals surface area contributed by atoms with Gasteiger partial charge in [0.1, 0.15) is 0 Å². The van der Waals surface area contributed by atoms with Crippen LogP contribution in [0.1, 0.15) is 22.8 Å². The van der Waals surface area contributed by atoms with E-state index in [0.717, 1.165) is 5.56 Å². The summed E-state index contributed by atoms with van der Waals surface area (Å²) in [7, 11) is -3.55. The molecule has 6 nitrogen and oxygen atoms in total. The van der Waals surface area contributed by atoms with Gasteiger partial charge in [0, 0.05) is 11.3 Å². The Bertz CT molecular complexity index is 848. The van der Waals surface area contributed by atoms with Crippen LogP contribution >= 0.6 is 0 Å². The molecule has 0 saturated carbocycles. The molecule has 2 aromatic carbocycles. The highest BCUT2D eigenvalue weighted by Crippen LogP contribution is 2.11. The van der Waals surface area contributed by atoms with Crippen molar-refractivity contribution in [3.63, 3.8) is 0 Å². The van der Waals surface area contributed by atoms with Crippen molar-refractivity contribution < 1.29 is 18.0 Å². The van der Waals surface area contributed by atoms with E-state index in [9.17, 15) is 18.0 Å². The van der Waals surface area contributed by atoms with Gasteiger partial charge in [-0.15, -0.1) is 0 Å². The maximum absolute atomic E-state index is 12.0. The van der Waals surface area contributed by atoms with Crippen molar-refractivity contribution in [3.8, 4) is 0 Å². The Kier molecular flexibility index (Phi) is 6.44. The van der Waals surface area contributed by atoms with E-state index in [1.165, 1.54) is 6.92 Å². The van der Waals surface area contributed by atoms with E-state index in [1.807, 2.05) is 30.3 Å². The van der Waals surface area contributed by atoms with Crippen LogP contribution in [0.4, 0.5) is 5.69 Å². The fourth-order valence-electron chi connectivity index (χ4n) is 2.17. The predicted octanol–water partition coefficient (Wildman–Crippen LogP) is 1.99. The van der Waals surface area contributed by atoms with Gasteiger partial charge in [-0.05, 0) is 31.0 Å². The summed E-state index contributed by atoms with van der Waals surface area (Å²) in [5, 5.41) is 2.57. The van der Waals surface area contributed by atoms with Crippen molar-refractivity contribution in [2.24, 2.45) is 0 Å². The zero-order chi connectivity index (χ0) is 18.3. The monoisotopic (exact) mass is 360 g/mol. The van der Waals surface area contributed by atoms with Gasteiger partial charge in [-0.25, -0.2) is 13.1 Å². The molecule has 2 N–H and O–H groups in total. The van der Waals surface area contributed by atoms with E-state index in [4.69, 9.17) is 0 Å². The number of amides is 1. The molecule has 132 valence electrons. The van der Waals surface area contributed by atoms with E-state index in [0.29, 0.717) is 17.7 Å². The number of hydrogen-bond acceptors (Lipinski definition) is 4. The van der Waals surface area contributed by atoms with Crippen LogP contribution in [0.2, 0.25) is 0 Å². The SMILES string of the molecule is CC(=O)c1cccc(NC(=O)CNS(=O)(=O)CCc2ccccc2)c1. The Morgan fingerprint density at radius 2 is 1.72 bits per heavy atom. The minimum atomic E-state index is -3.55. The number of benzene rings is 2. The summed E-state index contributed by atoms with van der Waals surface area (Å²) in [6.45, 7) is 1.07. The average molecular weight is 360 g/mol. The Hall–Kier alpha value is -2.51. The van der Waals surface area contributed by atoms with Crippen LogP contribution < -0.4 is 10.0 Å². The third-order valence-electron chi connectivity index (χ3n) is 3.51. The Morgan fingerprint density at radius 3 is 2.40 bits per heavy atom. The number of sulfonamides is 1. The van der Waals surface area contributed by atoms with Gasteiger partial charge in [0.15, 0.2) is 5.78 Å². The zero-order valence-corrected chi connectivity index (χ0v) is 14.7. The van der Waals surface area contributed by atoms with E-state index >= 15 is 0 Å². The van der Waals surface area contributed by atoms with Crippen molar-refractivity contribution in [1.82, 2.24) is 4.72 Å². The van der Waals surface area contributed by atoms with E-state index in [-0.39, 0.29) is 18.1 Å². The van der Waals surface area contributed by atoms with Crippen molar-refractivity contribution >= 4 is 27.4 Å². The molecule has 0 atom stereocenters. The van der Waals surface area contributed by atoms with E-state index < -0.39 is 15.9 Å². The van der Waals surface area contributed by atoms with Crippen molar-refractivity contribution in [2.75, 3.05) is 17.6 Å². The minimum Gasteiger partial charge on any atom is -0.325 e. The predicted molar refractivity (Wildman–Crippen MR) is 97.0 cm³/mol. The first-order chi connectivity index (χ1) is 11.9. The molecule has 0 unspecified atom stereocenters. The van der Waals surface area contributed by atoms with Gasteiger partial charge in [0.25, 0.3) is 0 Å². The topological polar surface area (TPSA) is 92.3 Å². The molecule has 0 saturated heterocycles. The summed E-state index contributed by atoms with van der Waals surface area (Å²) in [5.74, 6) is -0.703. The lowest BCUT2D eigenvalue weighted by atomic mass is 10.1. The van der Waals surface area contributed by atoms with E-state index in [1.54, 1.807) is 24.3 Å². The lowest BCUT2D eigenvalue weighted by molar-refractivity contribution is -0.115. The summed E-state index contributed by atoms with van der Waals surface area (Å²) < 4.78 is 26.2. The van der Waals surface area contributed by atoms with Crippen LogP contribution in [0.3, 0.4) is 0 Å². The van der Waals surface area contributed by atoms with Crippen molar-refractivity contribution in [2.45, 2.75) is 13.3 Å². The normalized spacial score (nSPS) is 11.1. The van der Waals surface area contributed by atoms with Crippen LogP contribution in [-0.4, -0.2) is 32.4 Å². The van der Waals surface area contributed by atoms with Gasteiger partial charge in [-0.2, -0.15) is 0 Å². The number of carbonyl (C=O) groups is 2. The maximum Gasteiger partial charge on any atom is 0.239 e. The lowest BCUT2D eigenvalue weighted by Gasteiger charge is -2.08. The molecule has 0 spiro atoms. The Morgan fingerprint density at radius 1 is 1.00 bits per heavy atom. The maximum atomic E-state index is 12.0. The fourth-order valence-corrected chi connectivity index (χ4v) is 3.17. The number of aryl methyl sites for hydroxylation is 1. The first kappa shape index (κ1) is 18.8. The minimum absolute atomic E-state index is 0.0931. The standard InChI is InChI=1S/C18H20N2O4S/c1-14(21)16-8-5-9-17(12-16)20-18(22)13-19-25(23,24)11-10-15-6-3-2-4-7-15/h2-9,12,19H,10-11,13H2,1H3,(H,20,22). The van der Waals surface area contributed by atoms with Gasteiger partial charge >= 0.3 is 0 Å². The molecule has 0 aliphatic heterocycles. The summed E-state index contributed by atoms with van der Waals surface area (Å²) in [4.78, 5) is 23.2. The molecule has 0 heterocycles. The van der Waals surface area contributed by atoms with Gasteiger partial charge < -0.3 is 5.32 Å². The molecular formula is C18H20N2O4S. The van der Waals surface area contributed by atoms with Crippen molar-refractivity contribution in [1.29, 1.82) is 0 Å². The first-order valence-electron chi connectivity index (χ1n) is 7.78.